The van der Waals surface area contributed by atoms with Gasteiger partial charge in [0, 0.05) is 47.7 Å². The quantitative estimate of drug-likeness (QED) is 0.347. The third kappa shape index (κ3) is 4.40. The fourth-order valence-electron chi connectivity index (χ4n) is 5.68. The van der Waals surface area contributed by atoms with E-state index >= 15 is 0 Å². The molecule has 2 aromatic carbocycles. The molecule has 2 fully saturated rings. The molecule has 2 aliphatic heterocycles. The van der Waals surface area contributed by atoms with Gasteiger partial charge in [0.1, 0.15) is 5.75 Å². The van der Waals surface area contributed by atoms with Gasteiger partial charge in [-0.1, -0.05) is 6.07 Å². The fourth-order valence-corrected chi connectivity index (χ4v) is 6.03. The summed E-state index contributed by atoms with van der Waals surface area (Å²) in [5.74, 6) is 0.225. The van der Waals surface area contributed by atoms with Crippen molar-refractivity contribution in [2.75, 3.05) is 36.1 Å². The van der Waals surface area contributed by atoms with Crippen LogP contribution in [0.2, 0.25) is 0 Å². The van der Waals surface area contributed by atoms with Crippen LogP contribution in [0.25, 0.3) is 5.69 Å². The first kappa shape index (κ1) is 24.5. The molecule has 7 nitrogen and oxygen atoms in total. The molecule has 38 heavy (non-hydrogen) atoms. The lowest BCUT2D eigenvalue weighted by molar-refractivity contribution is 0.122. The Balaban J connectivity index is 1.41. The molecule has 0 aliphatic carbocycles. The van der Waals surface area contributed by atoms with Crippen LogP contribution in [0.5, 0.6) is 5.75 Å². The van der Waals surface area contributed by atoms with Crippen molar-refractivity contribution in [2.24, 2.45) is 0 Å². The number of phenolic OH excluding ortho intramolecular Hbond substituents is 1. The van der Waals surface area contributed by atoms with Crippen LogP contribution in [0.3, 0.4) is 0 Å². The van der Waals surface area contributed by atoms with Gasteiger partial charge in [-0.2, -0.15) is 0 Å². The van der Waals surface area contributed by atoms with Crippen molar-refractivity contribution < 1.29 is 9.84 Å². The second kappa shape index (κ2) is 10.1. The highest BCUT2D eigenvalue weighted by molar-refractivity contribution is 7.80. The summed E-state index contributed by atoms with van der Waals surface area (Å²) < 4.78 is 7.82. The number of aromatic hydroxyl groups is 1. The van der Waals surface area contributed by atoms with E-state index in [0.717, 1.165) is 54.8 Å². The van der Waals surface area contributed by atoms with Crippen molar-refractivity contribution in [1.29, 1.82) is 0 Å². The summed E-state index contributed by atoms with van der Waals surface area (Å²) in [5.41, 5.74) is 7.68. The van der Waals surface area contributed by atoms with E-state index in [1.807, 2.05) is 36.5 Å². The minimum absolute atomic E-state index is 0.116. The van der Waals surface area contributed by atoms with Gasteiger partial charge in [0.25, 0.3) is 0 Å². The lowest BCUT2D eigenvalue weighted by atomic mass is 9.96. The topological polar surface area (TPSA) is 65.8 Å². The zero-order valence-corrected chi connectivity index (χ0v) is 22.4. The van der Waals surface area contributed by atoms with Gasteiger partial charge >= 0.3 is 0 Å². The molecule has 2 aliphatic rings. The predicted molar refractivity (Wildman–Crippen MR) is 154 cm³/mol. The SMILES string of the molecule is Cc1cc([C@@H]2[C@@H](c3ccccn3)NC(=S)N2c2ccc(O)cc2)c(C)n1-c1ccc(N2CCOCC2)cc1. The number of hydrogen-bond donors (Lipinski definition) is 2. The van der Waals surface area contributed by atoms with Gasteiger partial charge in [-0.15, -0.1) is 0 Å². The molecule has 4 heterocycles. The van der Waals surface area contributed by atoms with Crippen LogP contribution in [-0.4, -0.2) is 46.1 Å². The summed E-state index contributed by atoms with van der Waals surface area (Å²) in [7, 11) is 0. The lowest BCUT2D eigenvalue weighted by Crippen LogP contribution is -2.36. The number of rotatable bonds is 5. The van der Waals surface area contributed by atoms with Crippen molar-refractivity contribution >= 4 is 28.7 Å². The Hall–Kier alpha value is -3.88. The Bertz CT molecular complexity index is 1430. The van der Waals surface area contributed by atoms with E-state index in [9.17, 15) is 5.11 Å². The number of thiocarbonyl (C=S) groups is 1. The molecule has 2 saturated heterocycles. The highest BCUT2D eigenvalue weighted by Gasteiger charge is 2.42. The minimum atomic E-state index is -0.129. The van der Waals surface area contributed by atoms with Crippen LogP contribution >= 0.6 is 12.2 Å². The standard InChI is InChI=1S/C30H31N5O2S/c1-20-19-26(21(2)34(20)23-8-6-22(7-9-23)33-15-17-37-18-16-33)29-28(27-5-3-4-14-31-27)32-30(38)35(29)24-10-12-25(36)13-11-24/h3-14,19,28-29,36H,15-18H2,1-2H3,(H,32,38)/t28-,29-/m1/s1. The minimum Gasteiger partial charge on any atom is -0.508 e. The molecule has 2 aromatic heterocycles. The lowest BCUT2D eigenvalue weighted by Gasteiger charge is -2.29. The number of anilines is 2. The van der Waals surface area contributed by atoms with Crippen LogP contribution in [0, 0.1) is 13.8 Å². The number of ether oxygens (including phenoxy) is 1. The maximum Gasteiger partial charge on any atom is 0.174 e. The van der Waals surface area contributed by atoms with Gasteiger partial charge in [-0.3, -0.25) is 4.98 Å². The van der Waals surface area contributed by atoms with Gasteiger partial charge in [0.05, 0.1) is 31.0 Å². The second-order valence-corrected chi connectivity index (χ2v) is 10.2. The number of hydrogen-bond acceptors (Lipinski definition) is 5. The van der Waals surface area contributed by atoms with Crippen molar-refractivity contribution in [2.45, 2.75) is 25.9 Å². The van der Waals surface area contributed by atoms with Crippen LogP contribution in [0.15, 0.2) is 79.0 Å². The van der Waals surface area contributed by atoms with Crippen molar-refractivity contribution in [3.63, 3.8) is 0 Å². The first-order valence-electron chi connectivity index (χ1n) is 12.9. The van der Waals surface area contributed by atoms with Gasteiger partial charge in [-0.05, 0) is 98.4 Å². The summed E-state index contributed by atoms with van der Waals surface area (Å²) in [4.78, 5) is 9.18. The van der Waals surface area contributed by atoms with Gasteiger partial charge in [0.2, 0.25) is 0 Å². The average Bonchev–Trinajstić information content (AvgIpc) is 3.45. The second-order valence-electron chi connectivity index (χ2n) is 9.79. The maximum absolute atomic E-state index is 9.90. The Kier molecular flexibility index (Phi) is 6.51. The number of nitrogens with one attached hydrogen (secondary N) is 1. The Morgan fingerprint density at radius 1 is 0.921 bits per heavy atom. The van der Waals surface area contributed by atoms with E-state index in [2.05, 4.69) is 68.8 Å². The summed E-state index contributed by atoms with van der Waals surface area (Å²) in [6.45, 7) is 7.70. The molecular weight excluding hydrogens is 494 g/mol. The molecule has 0 spiro atoms. The third-order valence-electron chi connectivity index (χ3n) is 7.50. The number of aromatic nitrogens is 2. The summed E-state index contributed by atoms with van der Waals surface area (Å²) in [6, 6.07) is 24.0. The number of phenols is 1. The van der Waals surface area contributed by atoms with Crippen molar-refractivity contribution in [1.82, 2.24) is 14.9 Å². The van der Waals surface area contributed by atoms with Gasteiger partial charge in [-0.25, -0.2) is 0 Å². The highest BCUT2D eigenvalue weighted by Crippen LogP contribution is 2.44. The summed E-state index contributed by atoms with van der Waals surface area (Å²) >= 11 is 5.87. The molecule has 0 unspecified atom stereocenters. The van der Waals surface area contributed by atoms with Crippen molar-refractivity contribution in [3.05, 3.63) is 102 Å². The molecule has 0 bridgehead atoms. The van der Waals surface area contributed by atoms with Crippen LogP contribution < -0.4 is 15.1 Å². The normalized spacial score (nSPS) is 19.6. The Morgan fingerprint density at radius 2 is 1.61 bits per heavy atom. The molecule has 0 radical (unpaired) electrons. The number of benzene rings is 2. The molecule has 2 N–H and O–H groups in total. The summed E-state index contributed by atoms with van der Waals surface area (Å²) in [6.07, 6.45) is 1.82. The van der Waals surface area contributed by atoms with E-state index in [1.54, 1.807) is 12.1 Å². The van der Waals surface area contributed by atoms with Gasteiger partial charge < -0.3 is 29.5 Å². The first-order valence-corrected chi connectivity index (χ1v) is 13.3. The zero-order valence-electron chi connectivity index (χ0n) is 21.5. The van der Waals surface area contributed by atoms with Crippen LogP contribution in [0.4, 0.5) is 11.4 Å². The Morgan fingerprint density at radius 3 is 2.29 bits per heavy atom. The molecule has 2 atom stereocenters. The predicted octanol–water partition coefficient (Wildman–Crippen LogP) is 5.21. The van der Waals surface area contributed by atoms with E-state index < -0.39 is 0 Å². The zero-order chi connectivity index (χ0) is 26.2. The fraction of sp³-hybridized carbons (Fsp3) is 0.267. The van der Waals surface area contributed by atoms with E-state index in [1.165, 1.54) is 11.3 Å². The van der Waals surface area contributed by atoms with Gasteiger partial charge in [0.15, 0.2) is 5.11 Å². The maximum atomic E-state index is 9.90. The molecule has 8 heteroatoms. The van der Waals surface area contributed by atoms with E-state index in [4.69, 9.17) is 17.0 Å². The molecule has 194 valence electrons. The van der Waals surface area contributed by atoms with E-state index in [-0.39, 0.29) is 17.8 Å². The molecular formula is C30H31N5O2S. The number of pyridine rings is 1. The monoisotopic (exact) mass is 525 g/mol. The third-order valence-corrected chi connectivity index (χ3v) is 7.81. The summed E-state index contributed by atoms with van der Waals surface area (Å²) in [5, 5.41) is 14.1. The smallest absolute Gasteiger partial charge is 0.174 e. The number of nitrogens with zero attached hydrogens (tertiary/aromatic N) is 4. The number of morpholine rings is 1. The molecule has 0 amide bonds. The average molecular weight is 526 g/mol. The number of aryl methyl sites for hydroxylation is 1. The molecule has 4 aromatic rings. The molecule has 0 saturated carbocycles. The van der Waals surface area contributed by atoms with Crippen molar-refractivity contribution in [3.8, 4) is 11.4 Å². The largest absolute Gasteiger partial charge is 0.508 e. The molecule has 6 rings (SSSR count). The van der Waals surface area contributed by atoms with Crippen LogP contribution in [0.1, 0.15) is 34.7 Å². The Labute approximate surface area is 228 Å². The van der Waals surface area contributed by atoms with E-state index in [0.29, 0.717) is 5.11 Å². The highest BCUT2D eigenvalue weighted by atomic mass is 32.1. The van der Waals surface area contributed by atoms with Crippen LogP contribution in [-0.2, 0) is 4.74 Å². The first-order chi connectivity index (χ1) is 18.5.